The van der Waals surface area contributed by atoms with Gasteiger partial charge in [0.15, 0.2) is 0 Å². The highest BCUT2D eigenvalue weighted by Crippen LogP contribution is 2.44. The molecule has 0 aromatic heterocycles. The summed E-state index contributed by atoms with van der Waals surface area (Å²) < 4.78 is 0. The molecule has 0 atom stereocenters. The molecule has 0 bridgehead atoms. The van der Waals surface area contributed by atoms with Gasteiger partial charge in [-0.3, -0.25) is 4.79 Å². The molecule has 3 heteroatoms. The molecule has 3 nitrogen and oxygen atoms in total. The first-order chi connectivity index (χ1) is 8.62. The molecule has 2 fully saturated rings. The predicted molar refractivity (Wildman–Crippen MR) is 69.4 cm³/mol. The van der Waals surface area contributed by atoms with E-state index in [9.17, 15) is 9.90 Å². The average molecular weight is 245 g/mol. The second-order valence-corrected chi connectivity index (χ2v) is 5.59. The molecule has 1 N–H and O–H groups in total. The number of nitrogens with zero attached hydrogens (tertiary/aromatic N) is 1. The van der Waals surface area contributed by atoms with Gasteiger partial charge >= 0.3 is 0 Å². The number of amides is 1. The Morgan fingerprint density at radius 3 is 2.44 bits per heavy atom. The molecule has 1 aromatic carbocycles. The van der Waals surface area contributed by atoms with E-state index in [0.717, 1.165) is 24.8 Å². The van der Waals surface area contributed by atoms with E-state index in [2.05, 4.69) is 6.92 Å². The summed E-state index contributed by atoms with van der Waals surface area (Å²) in [6, 6.07) is 7.77. The highest BCUT2D eigenvalue weighted by atomic mass is 16.3. The Hall–Kier alpha value is -1.35. The maximum Gasteiger partial charge on any atom is 0.254 e. The molecule has 1 aliphatic carbocycles. The minimum atomic E-state index is -0.584. The van der Waals surface area contributed by atoms with Gasteiger partial charge in [0.25, 0.3) is 5.91 Å². The second kappa shape index (κ2) is 4.09. The minimum Gasteiger partial charge on any atom is -0.386 e. The van der Waals surface area contributed by atoms with E-state index < -0.39 is 5.60 Å². The maximum atomic E-state index is 12.2. The monoisotopic (exact) mass is 245 g/mol. The zero-order valence-corrected chi connectivity index (χ0v) is 10.7. The molecule has 1 aromatic rings. The Morgan fingerprint density at radius 1 is 1.33 bits per heavy atom. The molecule has 3 rings (SSSR count). The van der Waals surface area contributed by atoms with Crippen LogP contribution in [0.25, 0.3) is 0 Å². The third kappa shape index (κ3) is 1.93. The van der Waals surface area contributed by atoms with Crippen molar-refractivity contribution in [1.29, 1.82) is 0 Å². The van der Waals surface area contributed by atoms with Crippen molar-refractivity contribution < 1.29 is 9.90 Å². The van der Waals surface area contributed by atoms with E-state index in [1.54, 1.807) is 4.90 Å². The number of hydrogen-bond donors (Lipinski definition) is 1. The van der Waals surface area contributed by atoms with Crippen LogP contribution in [0, 0.1) is 5.92 Å². The van der Waals surface area contributed by atoms with Crippen LogP contribution in [0.4, 0.5) is 0 Å². The van der Waals surface area contributed by atoms with Crippen LogP contribution in [-0.4, -0.2) is 34.6 Å². The highest BCUT2D eigenvalue weighted by molar-refractivity contribution is 5.95. The Bertz CT molecular complexity index is 456. The van der Waals surface area contributed by atoms with Gasteiger partial charge < -0.3 is 10.0 Å². The molecular formula is C15H19NO2. The maximum absolute atomic E-state index is 12.2. The molecule has 18 heavy (non-hydrogen) atoms. The van der Waals surface area contributed by atoms with Crippen LogP contribution >= 0.6 is 0 Å². The van der Waals surface area contributed by atoms with Gasteiger partial charge in [-0.05, 0) is 42.9 Å². The summed E-state index contributed by atoms with van der Waals surface area (Å²) in [5.74, 6) is 0.479. The average Bonchev–Trinajstić information content (AvgIpc) is 3.19. The third-order valence-corrected chi connectivity index (χ3v) is 4.16. The molecular weight excluding hydrogens is 226 g/mol. The molecule has 1 amide bonds. The first-order valence-corrected chi connectivity index (χ1v) is 6.73. The van der Waals surface area contributed by atoms with Crippen LogP contribution in [0.15, 0.2) is 24.3 Å². The number of β-amino-alcohol motifs (C(OH)–C–C–N with tert-alkyl or cyclic N) is 1. The van der Waals surface area contributed by atoms with Gasteiger partial charge in [-0.2, -0.15) is 0 Å². The van der Waals surface area contributed by atoms with E-state index in [-0.39, 0.29) is 5.91 Å². The smallest absolute Gasteiger partial charge is 0.254 e. The van der Waals surface area contributed by atoms with Gasteiger partial charge in [-0.15, -0.1) is 0 Å². The van der Waals surface area contributed by atoms with E-state index >= 15 is 0 Å². The van der Waals surface area contributed by atoms with E-state index in [1.807, 2.05) is 24.3 Å². The fraction of sp³-hybridized carbons (Fsp3) is 0.533. The molecule has 1 heterocycles. The van der Waals surface area contributed by atoms with Crippen LogP contribution in [0.3, 0.4) is 0 Å². The lowest BCUT2D eigenvalue weighted by molar-refractivity contribution is -0.0958. The van der Waals surface area contributed by atoms with Crippen molar-refractivity contribution in [2.45, 2.75) is 31.8 Å². The van der Waals surface area contributed by atoms with Gasteiger partial charge in [0.05, 0.1) is 13.1 Å². The molecule has 96 valence electrons. The van der Waals surface area contributed by atoms with E-state index in [0.29, 0.717) is 19.0 Å². The molecule has 2 aliphatic rings. The Labute approximate surface area is 107 Å². The number of carbonyl (C=O) groups excluding carboxylic acids is 1. The first-order valence-electron chi connectivity index (χ1n) is 6.73. The van der Waals surface area contributed by atoms with Crippen LogP contribution < -0.4 is 0 Å². The van der Waals surface area contributed by atoms with Gasteiger partial charge in [0.2, 0.25) is 0 Å². The predicted octanol–water partition coefficient (Wildman–Crippen LogP) is 1.85. The topological polar surface area (TPSA) is 40.5 Å². The van der Waals surface area contributed by atoms with Crippen LogP contribution in [-0.2, 0) is 6.42 Å². The van der Waals surface area contributed by atoms with Crippen molar-refractivity contribution in [3.63, 3.8) is 0 Å². The number of carbonyl (C=O) groups is 1. The molecule has 0 spiro atoms. The van der Waals surface area contributed by atoms with E-state index in [4.69, 9.17) is 0 Å². The van der Waals surface area contributed by atoms with E-state index in [1.165, 1.54) is 5.56 Å². The summed E-state index contributed by atoms with van der Waals surface area (Å²) in [6.07, 6.45) is 3.22. The molecule has 1 aliphatic heterocycles. The molecule has 1 saturated heterocycles. The summed E-state index contributed by atoms with van der Waals surface area (Å²) >= 11 is 0. The SMILES string of the molecule is CCc1ccc(C(=O)N2CC(O)(C3CC3)C2)cc1. The van der Waals surface area contributed by atoms with Gasteiger partial charge in [0, 0.05) is 5.56 Å². The lowest BCUT2D eigenvalue weighted by atomic mass is 9.88. The Morgan fingerprint density at radius 2 is 1.94 bits per heavy atom. The van der Waals surface area contributed by atoms with Crippen molar-refractivity contribution >= 4 is 5.91 Å². The molecule has 0 radical (unpaired) electrons. The lowest BCUT2D eigenvalue weighted by Crippen LogP contribution is -2.64. The first kappa shape index (κ1) is 11.7. The van der Waals surface area contributed by atoms with Crippen LogP contribution in [0.5, 0.6) is 0 Å². The van der Waals surface area contributed by atoms with Crippen molar-refractivity contribution in [3.8, 4) is 0 Å². The zero-order chi connectivity index (χ0) is 12.8. The number of hydrogen-bond acceptors (Lipinski definition) is 2. The Balaban J connectivity index is 1.64. The van der Waals surface area contributed by atoms with Crippen LogP contribution in [0.1, 0.15) is 35.7 Å². The van der Waals surface area contributed by atoms with Crippen LogP contribution in [0.2, 0.25) is 0 Å². The number of aryl methyl sites for hydroxylation is 1. The fourth-order valence-corrected chi connectivity index (χ4v) is 2.70. The van der Waals surface area contributed by atoms with Gasteiger partial charge in [-0.1, -0.05) is 19.1 Å². The highest BCUT2D eigenvalue weighted by Gasteiger charge is 2.53. The van der Waals surface area contributed by atoms with Crippen molar-refractivity contribution in [2.75, 3.05) is 13.1 Å². The number of benzene rings is 1. The fourth-order valence-electron chi connectivity index (χ4n) is 2.70. The Kier molecular flexibility index (Phi) is 2.67. The lowest BCUT2D eigenvalue weighted by Gasteiger charge is -2.47. The molecule has 1 saturated carbocycles. The quantitative estimate of drug-likeness (QED) is 0.882. The summed E-state index contributed by atoms with van der Waals surface area (Å²) in [4.78, 5) is 13.9. The summed E-state index contributed by atoms with van der Waals surface area (Å²) in [7, 11) is 0. The molecule has 0 unspecified atom stereocenters. The summed E-state index contributed by atoms with van der Waals surface area (Å²) in [6.45, 7) is 3.11. The summed E-state index contributed by atoms with van der Waals surface area (Å²) in [5.41, 5.74) is 1.38. The van der Waals surface area contributed by atoms with Crippen molar-refractivity contribution in [3.05, 3.63) is 35.4 Å². The van der Waals surface area contributed by atoms with Crippen molar-refractivity contribution in [1.82, 2.24) is 4.90 Å². The van der Waals surface area contributed by atoms with Gasteiger partial charge in [-0.25, -0.2) is 0 Å². The normalized spacial score (nSPS) is 21.6. The number of likely N-dealkylation sites (tertiary alicyclic amines) is 1. The largest absolute Gasteiger partial charge is 0.386 e. The second-order valence-electron chi connectivity index (χ2n) is 5.59. The number of rotatable bonds is 3. The minimum absolute atomic E-state index is 0.0444. The summed E-state index contributed by atoms with van der Waals surface area (Å²) in [5, 5.41) is 10.2. The number of aliphatic hydroxyl groups is 1. The zero-order valence-electron chi connectivity index (χ0n) is 10.7. The van der Waals surface area contributed by atoms with Crippen molar-refractivity contribution in [2.24, 2.45) is 5.92 Å². The standard InChI is InChI=1S/C15H19NO2/c1-2-11-3-5-12(6-4-11)14(17)16-9-15(18,10-16)13-7-8-13/h3-6,13,18H,2,7-10H2,1H3. The van der Waals surface area contributed by atoms with Gasteiger partial charge in [0.1, 0.15) is 5.60 Å². The third-order valence-electron chi connectivity index (χ3n) is 4.16.